The first kappa shape index (κ1) is 24.6. The van der Waals surface area contributed by atoms with Gasteiger partial charge in [0, 0.05) is 6.92 Å². The topological polar surface area (TPSA) is 122 Å². The fourth-order valence-electron chi connectivity index (χ4n) is 1.49. The van der Waals surface area contributed by atoms with Gasteiger partial charge in [-0.1, -0.05) is 0 Å². The minimum atomic E-state index is -1.84. The summed E-state index contributed by atoms with van der Waals surface area (Å²) in [6.07, 6.45) is -3.66. The summed E-state index contributed by atoms with van der Waals surface area (Å²) in [6, 6.07) is 0. The molecule has 2 atom stereocenters. The number of methoxy groups -OCH3 is 1. The summed E-state index contributed by atoms with van der Waals surface area (Å²) in [5.74, 6) is -4.39. The Bertz CT molecular complexity index is 593. The van der Waals surface area contributed by atoms with Crippen LogP contribution in [-0.2, 0) is 42.9 Å². The van der Waals surface area contributed by atoms with E-state index in [-0.39, 0.29) is 0 Å². The van der Waals surface area contributed by atoms with Gasteiger partial charge in [-0.3, -0.25) is 19.2 Å². The zero-order valence-electron chi connectivity index (χ0n) is 17.0. The molecule has 0 spiro atoms. The van der Waals surface area contributed by atoms with Crippen molar-refractivity contribution in [1.82, 2.24) is 0 Å². The van der Waals surface area contributed by atoms with Crippen LogP contribution in [0.1, 0.15) is 48.5 Å². The summed E-state index contributed by atoms with van der Waals surface area (Å²) < 4.78 is 19.5. The van der Waals surface area contributed by atoms with Gasteiger partial charge in [0.15, 0.2) is 6.61 Å². The number of hydrogen-bond donors (Lipinski definition) is 0. The highest BCUT2D eigenvalue weighted by Crippen LogP contribution is 2.22. The van der Waals surface area contributed by atoms with E-state index in [2.05, 4.69) is 9.47 Å². The van der Waals surface area contributed by atoms with Crippen molar-refractivity contribution in [1.29, 1.82) is 0 Å². The highest BCUT2D eigenvalue weighted by atomic mass is 16.6. The van der Waals surface area contributed by atoms with Crippen LogP contribution in [0.15, 0.2) is 0 Å². The van der Waals surface area contributed by atoms with Gasteiger partial charge < -0.3 is 18.9 Å². The lowest BCUT2D eigenvalue weighted by Crippen LogP contribution is -2.50. The van der Waals surface area contributed by atoms with Crippen LogP contribution in [-0.4, -0.2) is 55.6 Å². The maximum Gasteiger partial charge on any atom is 0.351 e. The van der Waals surface area contributed by atoms with Gasteiger partial charge >= 0.3 is 23.9 Å². The van der Waals surface area contributed by atoms with Crippen molar-refractivity contribution in [2.75, 3.05) is 13.7 Å². The lowest BCUT2D eigenvalue weighted by molar-refractivity contribution is -0.190. The van der Waals surface area contributed by atoms with E-state index in [0.29, 0.717) is 0 Å². The Balaban J connectivity index is 5.84. The van der Waals surface area contributed by atoms with E-state index >= 15 is 0 Å². The van der Waals surface area contributed by atoms with Gasteiger partial charge in [-0.2, -0.15) is 0 Å². The number of hydrogen-bond acceptors (Lipinski definition) is 9. The van der Waals surface area contributed by atoms with Crippen molar-refractivity contribution >= 4 is 29.7 Å². The van der Waals surface area contributed by atoms with Gasteiger partial charge in [-0.05, 0) is 41.5 Å². The van der Waals surface area contributed by atoms with Gasteiger partial charge in [0.05, 0.1) is 17.9 Å². The van der Waals surface area contributed by atoms with E-state index in [4.69, 9.17) is 9.47 Å². The molecule has 27 heavy (non-hydrogen) atoms. The normalized spacial score (nSPS) is 13.8. The van der Waals surface area contributed by atoms with Crippen LogP contribution in [0.25, 0.3) is 0 Å². The molecule has 0 aromatic heterocycles. The van der Waals surface area contributed by atoms with Crippen molar-refractivity contribution in [3.05, 3.63) is 0 Å². The highest BCUT2D eigenvalue weighted by molar-refractivity contribution is 5.95. The van der Waals surface area contributed by atoms with Gasteiger partial charge in [0.25, 0.3) is 0 Å². The second-order valence-electron chi connectivity index (χ2n) is 7.92. The molecule has 0 aliphatic heterocycles. The maximum atomic E-state index is 12.4. The van der Waals surface area contributed by atoms with Crippen molar-refractivity contribution in [3.63, 3.8) is 0 Å². The predicted molar refractivity (Wildman–Crippen MR) is 92.3 cm³/mol. The number of esters is 4. The van der Waals surface area contributed by atoms with E-state index in [1.807, 2.05) is 0 Å². The van der Waals surface area contributed by atoms with E-state index in [1.54, 1.807) is 20.8 Å². The average Bonchev–Trinajstić information content (AvgIpc) is 2.52. The monoisotopic (exact) mass is 388 g/mol. The summed E-state index contributed by atoms with van der Waals surface area (Å²) in [6.45, 7) is 9.56. The quantitative estimate of drug-likeness (QED) is 0.467. The molecule has 0 aliphatic carbocycles. The fourth-order valence-corrected chi connectivity index (χ4v) is 1.49. The van der Waals surface area contributed by atoms with E-state index < -0.39 is 59.3 Å². The molecule has 9 nitrogen and oxygen atoms in total. The minimum Gasteiger partial charge on any atom is -0.466 e. The van der Waals surface area contributed by atoms with Crippen molar-refractivity contribution in [3.8, 4) is 0 Å². The van der Waals surface area contributed by atoms with Crippen molar-refractivity contribution in [2.45, 2.75) is 60.7 Å². The van der Waals surface area contributed by atoms with Crippen LogP contribution in [0.3, 0.4) is 0 Å². The van der Waals surface area contributed by atoms with Crippen LogP contribution in [0.4, 0.5) is 0 Å². The lowest BCUT2D eigenvalue weighted by atomic mass is 9.96. The Morgan fingerprint density at radius 1 is 0.778 bits per heavy atom. The second kappa shape index (κ2) is 9.48. The first-order valence-electron chi connectivity index (χ1n) is 8.27. The maximum absolute atomic E-state index is 12.4. The summed E-state index contributed by atoms with van der Waals surface area (Å²) >= 11 is 0. The number of Topliss-reactive ketones (excluding diaryl/α,β-unsaturated/α-hetero) is 1. The molecule has 0 N–H and O–H groups in total. The molecule has 0 heterocycles. The Labute approximate surface area is 158 Å². The molecule has 154 valence electrons. The highest BCUT2D eigenvalue weighted by Gasteiger charge is 2.44. The largest absolute Gasteiger partial charge is 0.466 e. The number of carbonyl (C=O) groups excluding carboxylic acids is 5. The molecule has 0 rings (SSSR count). The summed E-state index contributed by atoms with van der Waals surface area (Å²) in [7, 11) is 1.03. The number of carbonyl (C=O) groups is 5. The molecule has 0 bridgehead atoms. The van der Waals surface area contributed by atoms with Crippen molar-refractivity contribution < 1.29 is 42.9 Å². The van der Waals surface area contributed by atoms with Gasteiger partial charge in [-0.15, -0.1) is 0 Å². The van der Waals surface area contributed by atoms with Crippen LogP contribution in [0.2, 0.25) is 0 Å². The fraction of sp³-hybridized carbons (Fsp3) is 0.722. The number of ether oxygens (including phenoxy) is 4. The number of rotatable bonds is 7. The zero-order valence-corrected chi connectivity index (χ0v) is 17.0. The molecule has 0 unspecified atom stereocenters. The van der Waals surface area contributed by atoms with Crippen LogP contribution in [0.5, 0.6) is 0 Å². The third-order valence-corrected chi connectivity index (χ3v) is 3.14. The first-order valence-corrected chi connectivity index (χ1v) is 8.27. The molecule has 0 amide bonds. The van der Waals surface area contributed by atoms with Crippen LogP contribution in [0, 0.1) is 10.8 Å². The molecule has 0 saturated heterocycles. The summed E-state index contributed by atoms with van der Waals surface area (Å²) in [5, 5.41) is 0. The Morgan fingerprint density at radius 2 is 1.19 bits per heavy atom. The first-order chi connectivity index (χ1) is 12.1. The van der Waals surface area contributed by atoms with E-state index in [0.717, 1.165) is 14.0 Å². The Hall–Kier alpha value is -2.45. The second-order valence-corrected chi connectivity index (χ2v) is 7.92. The standard InChI is InChI=1S/C18H28O9/c1-10(19)25-9-11(20)12(26-15(22)17(2,3)4)13(14(21)24-8)27-16(23)18(5,6)7/h12-13H,9H2,1-8H3/t12-,13+/m0/s1. The Morgan fingerprint density at radius 3 is 1.52 bits per heavy atom. The smallest absolute Gasteiger partial charge is 0.351 e. The Kier molecular flexibility index (Phi) is 8.62. The molecule has 9 heteroatoms. The van der Waals surface area contributed by atoms with Crippen LogP contribution >= 0.6 is 0 Å². The lowest BCUT2D eigenvalue weighted by Gasteiger charge is -2.28. The predicted octanol–water partition coefficient (Wildman–Crippen LogP) is 1.21. The zero-order chi connectivity index (χ0) is 21.6. The molecule has 0 fully saturated rings. The van der Waals surface area contributed by atoms with Crippen molar-refractivity contribution in [2.24, 2.45) is 10.8 Å². The molecule has 0 aromatic carbocycles. The summed E-state index contributed by atoms with van der Waals surface area (Å²) in [4.78, 5) is 60.0. The molecular formula is C18H28O9. The molecule has 0 aromatic rings. The molecular weight excluding hydrogens is 360 g/mol. The van der Waals surface area contributed by atoms with E-state index in [1.165, 1.54) is 20.8 Å². The minimum absolute atomic E-state index is 0.745. The molecule has 0 aliphatic rings. The SMILES string of the molecule is COC(=O)[C@H](OC(=O)C(C)(C)C)[C@@H](OC(=O)C(C)(C)C)C(=O)COC(C)=O. The number of ketones is 1. The van der Waals surface area contributed by atoms with E-state index in [9.17, 15) is 24.0 Å². The van der Waals surface area contributed by atoms with Gasteiger partial charge in [0.2, 0.25) is 18.0 Å². The third kappa shape index (κ3) is 8.19. The summed E-state index contributed by atoms with van der Waals surface area (Å²) in [5.41, 5.74) is -2.00. The third-order valence-electron chi connectivity index (χ3n) is 3.14. The van der Waals surface area contributed by atoms with Gasteiger partial charge in [0.1, 0.15) is 0 Å². The average molecular weight is 388 g/mol. The molecule has 0 saturated carbocycles. The van der Waals surface area contributed by atoms with Crippen LogP contribution < -0.4 is 0 Å². The molecule has 0 radical (unpaired) electrons. The van der Waals surface area contributed by atoms with Gasteiger partial charge in [-0.25, -0.2) is 4.79 Å².